The van der Waals surface area contributed by atoms with E-state index in [2.05, 4.69) is 6.07 Å². The molecule has 6 nitrogen and oxygen atoms in total. The van der Waals surface area contributed by atoms with Gasteiger partial charge in [0.15, 0.2) is 5.41 Å². The molecule has 0 unspecified atom stereocenters. The first-order chi connectivity index (χ1) is 15.2. The van der Waals surface area contributed by atoms with Crippen molar-refractivity contribution in [3.63, 3.8) is 0 Å². The fraction of sp³-hybridized carbons (Fsp3) is 0.435. The monoisotopic (exact) mass is 442 g/mol. The number of nitrogens with two attached hydrogens (primary N) is 1. The molecular formula is C23H21F3N4O2. The van der Waals surface area contributed by atoms with Crippen LogP contribution >= 0.6 is 0 Å². The highest BCUT2D eigenvalue weighted by atomic mass is 19.4. The van der Waals surface area contributed by atoms with E-state index in [4.69, 9.17) is 15.2 Å². The van der Waals surface area contributed by atoms with Gasteiger partial charge in [-0.1, -0.05) is 12.1 Å². The Morgan fingerprint density at radius 1 is 1.22 bits per heavy atom. The van der Waals surface area contributed by atoms with Crippen molar-refractivity contribution in [2.24, 2.45) is 17.1 Å². The first-order valence-corrected chi connectivity index (χ1v) is 9.97. The molecule has 0 amide bonds. The fourth-order valence-electron chi connectivity index (χ4n) is 4.63. The van der Waals surface area contributed by atoms with Crippen LogP contribution in [0.15, 0.2) is 41.1 Å². The molecule has 0 radical (unpaired) electrons. The summed E-state index contributed by atoms with van der Waals surface area (Å²) in [5.41, 5.74) is 6.15. The Hall–Kier alpha value is -3.48. The lowest BCUT2D eigenvalue weighted by Gasteiger charge is -2.43. The predicted molar refractivity (Wildman–Crippen MR) is 107 cm³/mol. The molecule has 32 heavy (non-hydrogen) atoms. The topological polar surface area (TPSA) is 116 Å². The number of allylic oxidation sites excluding steroid dienone is 4. The zero-order chi connectivity index (χ0) is 23.5. The summed E-state index contributed by atoms with van der Waals surface area (Å²) in [6, 6.07) is 11.0. The van der Waals surface area contributed by atoms with E-state index in [1.165, 1.54) is 7.11 Å². The average Bonchev–Trinajstić information content (AvgIpc) is 2.77. The highest BCUT2D eigenvalue weighted by Crippen LogP contribution is 2.56. The number of nitrogens with zero attached hydrogens (tertiary/aromatic N) is 3. The van der Waals surface area contributed by atoms with E-state index in [1.54, 1.807) is 18.2 Å². The van der Waals surface area contributed by atoms with Gasteiger partial charge in [0.2, 0.25) is 0 Å². The number of benzene rings is 1. The van der Waals surface area contributed by atoms with Crippen LogP contribution in [0.4, 0.5) is 13.2 Å². The molecule has 3 rings (SSSR count). The van der Waals surface area contributed by atoms with Crippen LogP contribution in [0.5, 0.6) is 5.75 Å². The molecule has 2 aliphatic rings. The van der Waals surface area contributed by atoms with Crippen molar-refractivity contribution in [2.75, 3.05) is 13.7 Å². The molecular weight excluding hydrogens is 421 g/mol. The maximum atomic E-state index is 12.5. The molecule has 0 fully saturated rings. The summed E-state index contributed by atoms with van der Waals surface area (Å²) in [5, 5.41) is 29.8. The Bertz CT molecular complexity index is 1070. The van der Waals surface area contributed by atoms with Crippen molar-refractivity contribution in [1.29, 1.82) is 15.8 Å². The number of rotatable bonds is 5. The number of fused-ring (bicyclic) bond motifs is 1. The maximum Gasteiger partial charge on any atom is 0.411 e. The van der Waals surface area contributed by atoms with Gasteiger partial charge in [0, 0.05) is 11.5 Å². The van der Waals surface area contributed by atoms with Crippen molar-refractivity contribution in [2.45, 2.75) is 38.0 Å². The SMILES string of the molecule is COc1ccc([C@@H]2[C@H]3CCCC=C3C(C#N)=C(N)C2(C#N)C#N)cc1COCC(F)(F)F. The van der Waals surface area contributed by atoms with Crippen LogP contribution in [-0.4, -0.2) is 19.9 Å². The van der Waals surface area contributed by atoms with Crippen LogP contribution in [0, 0.1) is 45.3 Å². The number of hydrogen-bond acceptors (Lipinski definition) is 6. The third-order valence-electron chi connectivity index (χ3n) is 5.99. The predicted octanol–water partition coefficient (Wildman–Crippen LogP) is 4.37. The van der Waals surface area contributed by atoms with Gasteiger partial charge in [-0.25, -0.2) is 0 Å². The van der Waals surface area contributed by atoms with Crippen molar-refractivity contribution < 1.29 is 22.6 Å². The Balaban J connectivity index is 2.13. The van der Waals surface area contributed by atoms with Gasteiger partial charge in [-0.2, -0.15) is 29.0 Å². The summed E-state index contributed by atoms with van der Waals surface area (Å²) in [5.74, 6) is -0.678. The van der Waals surface area contributed by atoms with Crippen LogP contribution in [0.1, 0.15) is 36.3 Å². The number of halogens is 3. The highest BCUT2D eigenvalue weighted by Gasteiger charge is 2.53. The second-order valence-electron chi connectivity index (χ2n) is 7.79. The molecule has 9 heteroatoms. The number of alkyl halides is 3. The number of hydrogen-bond donors (Lipinski definition) is 1. The summed E-state index contributed by atoms with van der Waals surface area (Å²) in [6.07, 6.45) is -0.343. The number of ether oxygens (including phenoxy) is 2. The lowest BCUT2D eigenvalue weighted by atomic mass is 9.56. The summed E-state index contributed by atoms with van der Waals surface area (Å²) in [6.45, 7) is -1.78. The van der Waals surface area contributed by atoms with Gasteiger partial charge in [-0.15, -0.1) is 0 Å². The van der Waals surface area contributed by atoms with E-state index in [-0.39, 0.29) is 23.8 Å². The molecule has 2 N–H and O–H groups in total. The van der Waals surface area contributed by atoms with Gasteiger partial charge in [-0.3, -0.25) is 0 Å². The van der Waals surface area contributed by atoms with Crippen molar-refractivity contribution in [3.05, 3.63) is 52.2 Å². The van der Waals surface area contributed by atoms with Gasteiger partial charge in [0.25, 0.3) is 0 Å². The van der Waals surface area contributed by atoms with E-state index < -0.39 is 24.1 Å². The summed E-state index contributed by atoms with van der Waals surface area (Å²) >= 11 is 0. The molecule has 0 heterocycles. The summed E-state index contributed by atoms with van der Waals surface area (Å²) in [4.78, 5) is 0. The van der Waals surface area contributed by atoms with E-state index in [0.717, 1.165) is 12.8 Å². The number of methoxy groups -OCH3 is 1. The Morgan fingerprint density at radius 3 is 2.53 bits per heavy atom. The molecule has 1 aromatic rings. The second kappa shape index (κ2) is 8.94. The third-order valence-corrected chi connectivity index (χ3v) is 5.99. The minimum absolute atomic E-state index is 0.0925. The molecule has 2 aliphatic carbocycles. The summed E-state index contributed by atoms with van der Waals surface area (Å²) in [7, 11) is 1.39. The van der Waals surface area contributed by atoms with Gasteiger partial charge in [0.1, 0.15) is 18.4 Å². The van der Waals surface area contributed by atoms with E-state index >= 15 is 0 Å². The molecule has 2 atom stereocenters. The lowest BCUT2D eigenvalue weighted by Crippen LogP contribution is -2.42. The second-order valence-corrected chi connectivity index (χ2v) is 7.79. The smallest absolute Gasteiger partial charge is 0.411 e. The van der Waals surface area contributed by atoms with Gasteiger partial charge >= 0.3 is 6.18 Å². The number of nitriles is 3. The van der Waals surface area contributed by atoms with E-state index in [9.17, 15) is 29.0 Å². The molecule has 0 bridgehead atoms. The van der Waals surface area contributed by atoms with Gasteiger partial charge in [-0.05, 0) is 48.4 Å². The van der Waals surface area contributed by atoms with Crippen LogP contribution in [0.25, 0.3) is 0 Å². The van der Waals surface area contributed by atoms with Gasteiger partial charge < -0.3 is 15.2 Å². The van der Waals surface area contributed by atoms with Gasteiger partial charge in [0.05, 0.1) is 37.1 Å². The molecule has 0 saturated carbocycles. The molecule has 166 valence electrons. The van der Waals surface area contributed by atoms with E-state index in [0.29, 0.717) is 28.9 Å². The quantitative estimate of drug-likeness (QED) is 0.724. The zero-order valence-electron chi connectivity index (χ0n) is 17.4. The Kier molecular flexibility index (Phi) is 6.48. The standard InChI is InChI=1S/C23H21F3N4O2/c1-31-19-7-6-14(8-15(19)10-32-13-23(24,25)26)20-17-5-3-2-4-16(17)18(9-27)21(30)22(20,11-28)12-29/h4,6-8,17,20H,2-3,5,10,13,30H2,1H3/t17-,20+/m0/s1. The maximum absolute atomic E-state index is 12.5. The van der Waals surface area contributed by atoms with Crippen LogP contribution in [0.3, 0.4) is 0 Å². The minimum atomic E-state index is -4.47. The Morgan fingerprint density at radius 2 is 1.94 bits per heavy atom. The first-order valence-electron chi connectivity index (χ1n) is 9.97. The molecule has 0 aliphatic heterocycles. The van der Waals surface area contributed by atoms with Crippen LogP contribution in [0.2, 0.25) is 0 Å². The zero-order valence-corrected chi connectivity index (χ0v) is 17.4. The van der Waals surface area contributed by atoms with Crippen molar-refractivity contribution in [3.8, 4) is 24.0 Å². The lowest BCUT2D eigenvalue weighted by molar-refractivity contribution is -0.176. The largest absolute Gasteiger partial charge is 0.496 e. The Labute approximate surface area is 183 Å². The molecule has 1 aromatic carbocycles. The fourth-order valence-corrected chi connectivity index (χ4v) is 4.63. The third kappa shape index (κ3) is 4.02. The van der Waals surface area contributed by atoms with Crippen molar-refractivity contribution >= 4 is 0 Å². The molecule has 0 saturated heterocycles. The molecule has 0 spiro atoms. The minimum Gasteiger partial charge on any atom is -0.496 e. The van der Waals surface area contributed by atoms with Crippen LogP contribution < -0.4 is 10.5 Å². The first kappa shape index (κ1) is 23.2. The average molecular weight is 442 g/mol. The normalized spacial score (nSPS) is 22.1. The van der Waals surface area contributed by atoms with E-state index in [1.807, 2.05) is 18.2 Å². The van der Waals surface area contributed by atoms with Crippen LogP contribution in [-0.2, 0) is 11.3 Å². The van der Waals surface area contributed by atoms with Crippen molar-refractivity contribution in [1.82, 2.24) is 0 Å². The summed E-state index contributed by atoms with van der Waals surface area (Å²) < 4.78 is 47.6. The molecule has 0 aromatic heterocycles. The highest BCUT2D eigenvalue weighted by molar-refractivity contribution is 5.59.